The maximum atomic E-state index is 13.0. The van der Waals surface area contributed by atoms with E-state index in [1.807, 2.05) is 6.92 Å². The Morgan fingerprint density at radius 3 is 2.42 bits per heavy atom. The molecule has 2 aromatic carbocycles. The van der Waals surface area contributed by atoms with E-state index in [1.54, 1.807) is 48.5 Å². The van der Waals surface area contributed by atoms with Gasteiger partial charge in [0.2, 0.25) is 0 Å². The Kier molecular flexibility index (Phi) is 5.85. The molecule has 0 amide bonds. The number of esters is 1. The third-order valence-electron chi connectivity index (χ3n) is 3.45. The Morgan fingerprint density at radius 1 is 1.17 bits per heavy atom. The highest BCUT2D eigenvalue weighted by atomic mass is 35.5. The normalized spacial score (nSPS) is 11.1. The molecule has 0 bridgehead atoms. The van der Waals surface area contributed by atoms with Gasteiger partial charge in [-0.1, -0.05) is 35.4 Å². The maximum Gasteiger partial charge on any atom is 0.307 e. The predicted molar refractivity (Wildman–Crippen MR) is 93.8 cm³/mol. The van der Waals surface area contributed by atoms with Gasteiger partial charge >= 0.3 is 5.97 Å². The fourth-order valence-electron chi connectivity index (χ4n) is 2.15. The summed E-state index contributed by atoms with van der Waals surface area (Å²) < 4.78 is 31.7. The third kappa shape index (κ3) is 4.27. The van der Waals surface area contributed by atoms with Crippen molar-refractivity contribution in [1.29, 1.82) is 0 Å². The Morgan fingerprint density at radius 2 is 1.83 bits per heavy atom. The van der Waals surface area contributed by atoms with E-state index in [2.05, 4.69) is 4.74 Å². The molecule has 0 aromatic heterocycles. The lowest BCUT2D eigenvalue weighted by Gasteiger charge is -2.24. The van der Waals surface area contributed by atoms with Crippen molar-refractivity contribution in [3.05, 3.63) is 59.1 Å². The van der Waals surface area contributed by atoms with Gasteiger partial charge in [0.05, 0.1) is 24.1 Å². The minimum absolute atomic E-state index is 0.0385. The van der Waals surface area contributed by atoms with Gasteiger partial charge in [-0.2, -0.15) is 0 Å². The van der Waals surface area contributed by atoms with Crippen LogP contribution in [0, 0.1) is 6.92 Å². The molecule has 0 aliphatic rings. The Bertz CT molecular complexity index is 819. The molecule has 0 spiro atoms. The van der Waals surface area contributed by atoms with Gasteiger partial charge < -0.3 is 4.74 Å². The SMILES string of the molecule is COC(=O)CCN(c1cccc(Cl)c1)S(=O)(=O)c1ccc(C)cc1. The first-order valence-corrected chi connectivity index (χ1v) is 9.08. The first-order chi connectivity index (χ1) is 11.3. The summed E-state index contributed by atoms with van der Waals surface area (Å²) in [5, 5.41) is 0.412. The fraction of sp³-hybridized carbons (Fsp3) is 0.235. The van der Waals surface area contributed by atoms with Gasteiger partial charge in [0, 0.05) is 11.6 Å². The molecule has 0 radical (unpaired) electrons. The fourth-order valence-corrected chi connectivity index (χ4v) is 3.79. The number of carbonyl (C=O) groups excluding carboxylic acids is 1. The molecule has 128 valence electrons. The lowest BCUT2D eigenvalue weighted by molar-refractivity contribution is -0.140. The number of aryl methyl sites for hydroxylation is 1. The van der Waals surface area contributed by atoms with Crippen LogP contribution in [-0.4, -0.2) is 28.0 Å². The average Bonchev–Trinajstić information content (AvgIpc) is 2.55. The second-order valence-corrected chi connectivity index (χ2v) is 7.49. The summed E-state index contributed by atoms with van der Waals surface area (Å²) in [5.41, 5.74) is 1.35. The van der Waals surface area contributed by atoms with Crippen molar-refractivity contribution in [1.82, 2.24) is 0 Å². The van der Waals surface area contributed by atoms with Crippen LogP contribution in [0.3, 0.4) is 0 Å². The molecule has 0 fully saturated rings. The van der Waals surface area contributed by atoms with Crippen molar-refractivity contribution in [2.45, 2.75) is 18.2 Å². The molecular weight excluding hydrogens is 350 g/mol. The van der Waals surface area contributed by atoms with Crippen LogP contribution < -0.4 is 4.31 Å². The minimum Gasteiger partial charge on any atom is -0.469 e. The number of anilines is 1. The van der Waals surface area contributed by atoms with E-state index in [9.17, 15) is 13.2 Å². The van der Waals surface area contributed by atoms with Crippen molar-refractivity contribution in [3.8, 4) is 0 Å². The van der Waals surface area contributed by atoms with Crippen LogP contribution >= 0.6 is 11.6 Å². The third-order valence-corrected chi connectivity index (χ3v) is 5.53. The molecule has 0 saturated heterocycles. The summed E-state index contributed by atoms with van der Waals surface area (Å²) in [6, 6.07) is 13.0. The number of benzene rings is 2. The van der Waals surface area contributed by atoms with E-state index in [-0.39, 0.29) is 17.9 Å². The molecule has 0 aliphatic carbocycles. The van der Waals surface area contributed by atoms with Crippen LogP contribution in [0.2, 0.25) is 5.02 Å². The van der Waals surface area contributed by atoms with Crippen molar-refractivity contribution in [2.24, 2.45) is 0 Å². The number of hydrogen-bond donors (Lipinski definition) is 0. The largest absolute Gasteiger partial charge is 0.469 e. The molecule has 0 aliphatic heterocycles. The number of hydrogen-bond acceptors (Lipinski definition) is 4. The smallest absolute Gasteiger partial charge is 0.307 e. The Labute approximate surface area is 146 Å². The van der Waals surface area contributed by atoms with Crippen molar-refractivity contribution in [3.63, 3.8) is 0 Å². The Balaban J connectivity index is 2.44. The predicted octanol–water partition coefficient (Wildman–Crippen LogP) is 3.41. The number of nitrogens with zero attached hydrogens (tertiary/aromatic N) is 1. The highest BCUT2D eigenvalue weighted by molar-refractivity contribution is 7.92. The topological polar surface area (TPSA) is 63.7 Å². The van der Waals surface area contributed by atoms with Gasteiger partial charge in [-0.25, -0.2) is 8.42 Å². The second kappa shape index (κ2) is 7.68. The molecule has 2 aromatic rings. The van der Waals surface area contributed by atoms with Gasteiger partial charge in [-0.15, -0.1) is 0 Å². The zero-order valence-electron chi connectivity index (χ0n) is 13.4. The number of ether oxygens (including phenoxy) is 1. The quantitative estimate of drug-likeness (QED) is 0.734. The van der Waals surface area contributed by atoms with E-state index < -0.39 is 16.0 Å². The van der Waals surface area contributed by atoms with Gasteiger partial charge in [0.1, 0.15) is 0 Å². The lowest BCUT2D eigenvalue weighted by atomic mass is 10.2. The molecule has 0 unspecified atom stereocenters. The molecule has 0 saturated carbocycles. The van der Waals surface area contributed by atoms with E-state index in [4.69, 9.17) is 11.6 Å². The molecule has 2 rings (SSSR count). The maximum absolute atomic E-state index is 13.0. The Hall–Kier alpha value is -2.05. The number of methoxy groups -OCH3 is 1. The number of halogens is 1. The van der Waals surface area contributed by atoms with Gasteiger partial charge in [-0.05, 0) is 37.3 Å². The van der Waals surface area contributed by atoms with Crippen LogP contribution in [0.5, 0.6) is 0 Å². The number of sulfonamides is 1. The summed E-state index contributed by atoms with van der Waals surface area (Å²) in [6.07, 6.45) is -0.0614. The van der Waals surface area contributed by atoms with E-state index in [1.165, 1.54) is 11.4 Å². The van der Waals surface area contributed by atoms with Crippen LogP contribution in [0.15, 0.2) is 53.4 Å². The van der Waals surface area contributed by atoms with E-state index in [0.717, 1.165) is 5.56 Å². The first kappa shape index (κ1) is 18.3. The van der Waals surface area contributed by atoms with E-state index >= 15 is 0 Å². The van der Waals surface area contributed by atoms with Gasteiger partial charge in [0.25, 0.3) is 10.0 Å². The highest BCUT2D eigenvalue weighted by Gasteiger charge is 2.25. The first-order valence-electron chi connectivity index (χ1n) is 7.26. The summed E-state index contributed by atoms with van der Waals surface area (Å²) in [6.45, 7) is 1.84. The molecule has 7 heteroatoms. The molecular formula is C17H18ClNO4S. The highest BCUT2D eigenvalue weighted by Crippen LogP contribution is 2.26. The number of rotatable bonds is 6. The average molecular weight is 368 g/mol. The monoisotopic (exact) mass is 367 g/mol. The van der Waals surface area contributed by atoms with Crippen molar-refractivity contribution < 1.29 is 17.9 Å². The molecule has 0 N–H and O–H groups in total. The molecule has 0 atom stereocenters. The van der Waals surface area contributed by atoms with Gasteiger partial charge in [-0.3, -0.25) is 9.10 Å². The minimum atomic E-state index is -3.82. The van der Waals surface area contributed by atoms with Gasteiger partial charge in [0.15, 0.2) is 0 Å². The summed E-state index contributed by atoms with van der Waals surface area (Å²) in [5.74, 6) is -0.485. The standard InChI is InChI=1S/C17H18ClNO4S/c1-13-6-8-16(9-7-13)24(21,22)19(11-10-17(20)23-2)15-5-3-4-14(18)12-15/h3-9,12H,10-11H2,1-2H3. The van der Waals surface area contributed by atoms with Crippen LogP contribution in [0.25, 0.3) is 0 Å². The summed E-state index contributed by atoms with van der Waals surface area (Å²) >= 11 is 5.98. The van der Waals surface area contributed by atoms with Crippen LogP contribution in [0.4, 0.5) is 5.69 Å². The van der Waals surface area contributed by atoms with Crippen LogP contribution in [0.1, 0.15) is 12.0 Å². The van der Waals surface area contributed by atoms with E-state index in [0.29, 0.717) is 10.7 Å². The molecule has 5 nitrogen and oxygen atoms in total. The summed E-state index contributed by atoms with van der Waals surface area (Å²) in [7, 11) is -2.56. The molecule has 24 heavy (non-hydrogen) atoms. The summed E-state index contributed by atoms with van der Waals surface area (Å²) in [4.78, 5) is 11.6. The number of carbonyl (C=O) groups is 1. The molecule has 0 heterocycles. The second-order valence-electron chi connectivity index (χ2n) is 5.20. The van der Waals surface area contributed by atoms with Crippen LogP contribution in [-0.2, 0) is 19.6 Å². The zero-order valence-corrected chi connectivity index (χ0v) is 15.0. The zero-order chi connectivity index (χ0) is 17.7. The van der Waals surface area contributed by atoms with Crippen molar-refractivity contribution >= 4 is 33.3 Å². The van der Waals surface area contributed by atoms with Crippen molar-refractivity contribution in [2.75, 3.05) is 18.0 Å². The lowest BCUT2D eigenvalue weighted by Crippen LogP contribution is -2.33.